The van der Waals surface area contributed by atoms with Crippen LogP contribution in [0.5, 0.6) is 0 Å². The maximum absolute atomic E-state index is 12.0. The molecule has 2 saturated carbocycles. The normalized spacial score (nSPS) is 14.5. The van der Waals surface area contributed by atoms with Gasteiger partial charge in [0, 0.05) is 23.2 Å². The van der Waals surface area contributed by atoms with Crippen LogP contribution in [0.4, 0.5) is 5.95 Å². The standard InChI is InChI=1S/C22H16N6O.C4H6O2/c23-12-18-11-10-17(13-24-18)14-4-6-15(7-5-14)19-2-1-3-20-25-22(27-28(19)20)26-21(29)16-8-9-16;5-4(6)3-1-2-3/h1-7,10-11,13,16H,8-9H2,(H,26,27,29);3H,1-2H2,(H,5,6). The number of nitrogens with one attached hydrogen (secondary N) is 1. The predicted molar refractivity (Wildman–Crippen MR) is 128 cm³/mol. The minimum Gasteiger partial charge on any atom is -0.481 e. The minimum atomic E-state index is -0.630. The van der Waals surface area contributed by atoms with Crippen LogP contribution < -0.4 is 5.32 Å². The number of nitriles is 1. The van der Waals surface area contributed by atoms with E-state index in [1.165, 1.54) is 0 Å². The number of aliphatic carboxylic acids is 1. The zero-order valence-corrected chi connectivity index (χ0v) is 18.8. The molecule has 9 nitrogen and oxygen atoms in total. The number of hydrogen-bond donors (Lipinski definition) is 2. The van der Waals surface area contributed by atoms with Gasteiger partial charge in [-0.25, -0.2) is 9.50 Å². The van der Waals surface area contributed by atoms with Crippen molar-refractivity contribution in [3.8, 4) is 28.5 Å². The molecule has 0 aliphatic heterocycles. The number of rotatable bonds is 5. The summed E-state index contributed by atoms with van der Waals surface area (Å²) < 4.78 is 1.74. The fourth-order valence-corrected chi connectivity index (χ4v) is 3.53. The zero-order valence-electron chi connectivity index (χ0n) is 18.8. The number of aromatic nitrogens is 4. The van der Waals surface area contributed by atoms with Crippen molar-refractivity contribution in [3.05, 3.63) is 66.5 Å². The second-order valence-corrected chi connectivity index (χ2v) is 8.61. The molecule has 1 amide bonds. The van der Waals surface area contributed by atoms with Gasteiger partial charge in [0.15, 0.2) is 5.65 Å². The molecule has 0 bridgehead atoms. The smallest absolute Gasteiger partial charge is 0.306 e. The molecule has 6 rings (SSSR count). The highest BCUT2D eigenvalue weighted by atomic mass is 16.4. The van der Waals surface area contributed by atoms with E-state index in [1.807, 2.05) is 54.6 Å². The lowest BCUT2D eigenvalue weighted by atomic mass is 10.0. The monoisotopic (exact) mass is 466 g/mol. The van der Waals surface area contributed by atoms with E-state index < -0.39 is 5.97 Å². The molecule has 9 heteroatoms. The molecule has 0 radical (unpaired) electrons. The van der Waals surface area contributed by atoms with Crippen LogP contribution in [0, 0.1) is 23.2 Å². The Morgan fingerprint density at radius 2 is 1.63 bits per heavy atom. The summed E-state index contributed by atoms with van der Waals surface area (Å²) in [6.45, 7) is 0. The van der Waals surface area contributed by atoms with Crippen LogP contribution in [0.1, 0.15) is 31.4 Å². The Bertz CT molecular complexity index is 1430. The number of carboxylic acids is 1. The van der Waals surface area contributed by atoms with Gasteiger partial charge in [-0.1, -0.05) is 30.3 Å². The predicted octanol–water partition coefficient (Wildman–Crippen LogP) is 4.16. The van der Waals surface area contributed by atoms with E-state index in [1.54, 1.807) is 16.8 Å². The number of carbonyl (C=O) groups excluding carboxylic acids is 1. The van der Waals surface area contributed by atoms with Crippen molar-refractivity contribution in [1.29, 1.82) is 5.26 Å². The van der Waals surface area contributed by atoms with E-state index in [0.717, 1.165) is 48.1 Å². The number of nitrogens with zero attached hydrogens (tertiary/aromatic N) is 5. The third-order valence-corrected chi connectivity index (χ3v) is 5.86. The van der Waals surface area contributed by atoms with E-state index in [9.17, 15) is 9.59 Å². The van der Waals surface area contributed by atoms with E-state index in [2.05, 4.69) is 20.4 Å². The Morgan fingerprint density at radius 1 is 0.943 bits per heavy atom. The van der Waals surface area contributed by atoms with Gasteiger partial charge in [-0.2, -0.15) is 10.2 Å². The number of pyridine rings is 2. The van der Waals surface area contributed by atoms with Gasteiger partial charge in [0.2, 0.25) is 11.9 Å². The topological polar surface area (TPSA) is 133 Å². The van der Waals surface area contributed by atoms with Crippen molar-refractivity contribution < 1.29 is 14.7 Å². The first-order chi connectivity index (χ1) is 17.0. The van der Waals surface area contributed by atoms with Gasteiger partial charge in [0.25, 0.3) is 0 Å². The summed E-state index contributed by atoms with van der Waals surface area (Å²) in [5.41, 5.74) is 4.88. The number of hydrogen-bond acceptors (Lipinski definition) is 6. The lowest BCUT2D eigenvalue weighted by Crippen LogP contribution is -2.14. The van der Waals surface area contributed by atoms with E-state index in [0.29, 0.717) is 17.3 Å². The summed E-state index contributed by atoms with van der Waals surface area (Å²) in [6, 6.07) is 19.4. The largest absolute Gasteiger partial charge is 0.481 e. The van der Waals surface area contributed by atoms with Gasteiger partial charge in [0.1, 0.15) is 11.8 Å². The van der Waals surface area contributed by atoms with Crippen LogP contribution in [-0.4, -0.2) is 36.6 Å². The first-order valence-corrected chi connectivity index (χ1v) is 11.4. The molecule has 0 atom stereocenters. The lowest BCUT2D eigenvalue weighted by molar-refractivity contribution is -0.138. The van der Waals surface area contributed by atoms with Crippen molar-refractivity contribution in [3.63, 3.8) is 0 Å². The first kappa shape index (κ1) is 22.2. The summed E-state index contributed by atoms with van der Waals surface area (Å²) >= 11 is 0. The quantitative estimate of drug-likeness (QED) is 0.451. The Morgan fingerprint density at radius 3 is 2.20 bits per heavy atom. The molecule has 4 aromatic rings. The van der Waals surface area contributed by atoms with Crippen LogP contribution in [0.3, 0.4) is 0 Å². The molecule has 3 aromatic heterocycles. The number of carbonyl (C=O) groups is 2. The number of amides is 1. The second-order valence-electron chi connectivity index (χ2n) is 8.61. The molecule has 35 heavy (non-hydrogen) atoms. The number of fused-ring (bicyclic) bond motifs is 1. The molecule has 2 aliphatic carbocycles. The Labute approximate surface area is 201 Å². The van der Waals surface area contributed by atoms with Crippen LogP contribution in [0.25, 0.3) is 28.0 Å². The Balaban J connectivity index is 0.000000371. The summed E-state index contributed by atoms with van der Waals surface area (Å²) in [7, 11) is 0. The number of benzene rings is 1. The lowest BCUT2D eigenvalue weighted by Gasteiger charge is -2.06. The zero-order chi connectivity index (χ0) is 24.4. The van der Waals surface area contributed by atoms with Crippen LogP contribution >= 0.6 is 0 Å². The maximum atomic E-state index is 12.0. The molecule has 0 saturated heterocycles. The van der Waals surface area contributed by atoms with Gasteiger partial charge < -0.3 is 5.11 Å². The number of anilines is 1. The SMILES string of the molecule is N#Cc1ccc(-c2ccc(-c3cccc4nc(NC(=O)C5CC5)nn34)cc2)cn1.O=C(O)C1CC1. The maximum Gasteiger partial charge on any atom is 0.306 e. The molecule has 2 fully saturated rings. The van der Waals surface area contributed by atoms with Gasteiger partial charge in [-0.15, -0.1) is 5.10 Å². The molecule has 0 unspecified atom stereocenters. The molecule has 3 heterocycles. The minimum absolute atomic E-state index is 0.0113. The highest BCUT2D eigenvalue weighted by molar-refractivity contribution is 5.92. The van der Waals surface area contributed by atoms with Crippen molar-refractivity contribution >= 4 is 23.5 Å². The summed E-state index contributed by atoms with van der Waals surface area (Å²) in [6.07, 6.45) is 5.36. The third kappa shape index (κ3) is 5.17. The second kappa shape index (κ2) is 9.35. The first-order valence-electron chi connectivity index (χ1n) is 11.4. The third-order valence-electron chi connectivity index (χ3n) is 5.86. The van der Waals surface area contributed by atoms with E-state index >= 15 is 0 Å². The van der Waals surface area contributed by atoms with Crippen LogP contribution in [-0.2, 0) is 9.59 Å². The van der Waals surface area contributed by atoms with Gasteiger partial charge in [0.05, 0.1) is 11.6 Å². The Kier molecular flexibility index (Phi) is 5.94. The van der Waals surface area contributed by atoms with Crippen molar-refractivity contribution in [2.24, 2.45) is 11.8 Å². The fourth-order valence-electron chi connectivity index (χ4n) is 3.53. The molecular weight excluding hydrogens is 444 g/mol. The van der Waals surface area contributed by atoms with E-state index in [4.69, 9.17) is 10.4 Å². The fraction of sp³-hybridized carbons (Fsp3) is 0.231. The highest BCUT2D eigenvalue weighted by Gasteiger charge is 2.30. The highest BCUT2D eigenvalue weighted by Crippen LogP contribution is 2.30. The van der Waals surface area contributed by atoms with Crippen LogP contribution in [0.2, 0.25) is 0 Å². The molecule has 2 N–H and O–H groups in total. The summed E-state index contributed by atoms with van der Waals surface area (Å²) in [5, 5.41) is 24.2. The number of carboxylic acid groups (broad SMARTS) is 1. The average Bonchev–Trinajstić information content (AvgIpc) is 3.80. The molecule has 174 valence electrons. The van der Waals surface area contributed by atoms with Gasteiger partial charge >= 0.3 is 5.97 Å². The van der Waals surface area contributed by atoms with E-state index in [-0.39, 0.29) is 17.7 Å². The van der Waals surface area contributed by atoms with Crippen LogP contribution in [0.15, 0.2) is 60.8 Å². The van der Waals surface area contributed by atoms with Crippen molar-refractivity contribution in [2.45, 2.75) is 25.7 Å². The Hall–Kier alpha value is -4.58. The summed E-state index contributed by atoms with van der Waals surface area (Å²) in [4.78, 5) is 30.3. The molecule has 1 aromatic carbocycles. The van der Waals surface area contributed by atoms with Crippen molar-refractivity contribution in [1.82, 2.24) is 19.6 Å². The van der Waals surface area contributed by atoms with Gasteiger partial charge in [-0.3, -0.25) is 14.9 Å². The molecule has 2 aliphatic rings. The molecular formula is C26H22N6O3. The average molecular weight is 467 g/mol. The molecule has 0 spiro atoms. The summed E-state index contributed by atoms with van der Waals surface area (Å²) in [5.74, 6) is -0.192. The van der Waals surface area contributed by atoms with Gasteiger partial charge in [-0.05, 0) is 55.5 Å². The van der Waals surface area contributed by atoms with Crippen molar-refractivity contribution in [2.75, 3.05) is 5.32 Å².